The number of nitrogens with one attached hydrogen (secondary N) is 1. The second kappa shape index (κ2) is 6.88. The lowest BCUT2D eigenvalue weighted by Gasteiger charge is -2.32. The highest BCUT2D eigenvalue weighted by Gasteiger charge is 2.20. The fourth-order valence-corrected chi connectivity index (χ4v) is 2.71. The standard InChI is InChI=1S/C18H21N3O3/c1-19-17(22)16-8-7-15(24-16)13-3-5-14(6-4-13)18(23)21-11-9-20(2)10-12-21/h3-8H,9-12H2,1-2H3,(H,19,22). The Morgan fingerprint density at radius 1 is 1.00 bits per heavy atom. The van der Waals surface area contributed by atoms with Crippen LogP contribution in [0.2, 0.25) is 0 Å². The van der Waals surface area contributed by atoms with E-state index in [1.807, 2.05) is 17.0 Å². The summed E-state index contributed by atoms with van der Waals surface area (Å²) in [6.45, 7) is 3.31. The molecule has 2 amide bonds. The molecule has 3 rings (SSSR count). The van der Waals surface area contributed by atoms with Gasteiger partial charge in [0, 0.05) is 44.4 Å². The fourth-order valence-electron chi connectivity index (χ4n) is 2.71. The van der Waals surface area contributed by atoms with Crippen molar-refractivity contribution in [3.63, 3.8) is 0 Å². The van der Waals surface area contributed by atoms with Gasteiger partial charge in [-0.15, -0.1) is 0 Å². The largest absolute Gasteiger partial charge is 0.451 e. The molecule has 0 atom stereocenters. The van der Waals surface area contributed by atoms with Crippen LogP contribution in [0.5, 0.6) is 0 Å². The maximum atomic E-state index is 12.5. The normalized spacial score (nSPS) is 15.3. The molecule has 1 saturated heterocycles. The van der Waals surface area contributed by atoms with E-state index >= 15 is 0 Å². The van der Waals surface area contributed by atoms with Crippen molar-refractivity contribution < 1.29 is 14.0 Å². The van der Waals surface area contributed by atoms with E-state index in [9.17, 15) is 9.59 Å². The molecular formula is C18H21N3O3. The number of rotatable bonds is 3. The lowest BCUT2D eigenvalue weighted by atomic mass is 10.1. The van der Waals surface area contributed by atoms with E-state index in [-0.39, 0.29) is 17.6 Å². The highest BCUT2D eigenvalue weighted by molar-refractivity contribution is 5.95. The molecule has 6 heteroatoms. The predicted molar refractivity (Wildman–Crippen MR) is 90.9 cm³/mol. The summed E-state index contributed by atoms with van der Waals surface area (Å²) in [6, 6.07) is 10.7. The highest BCUT2D eigenvalue weighted by atomic mass is 16.3. The number of nitrogens with zero attached hydrogens (tertiary/aromatic N) is 2. The minimum atomic E-state index is -0.261. The van der Waals surface area contributed by atoms with Gasteiger partial charge in [-0.1, -0.05) is 12.1 Å². The van der Waals surface area contributed by atoms with Crippen LogP contribution in [0.25, 0.3) is 11.3 Å². The van der Waals surface area contributed by atoms with Crippen molar-refractivity contribution in [1.29, 1.82) is 0 Å². The Morgan fingerprint density at radius 2 is 1.67 bits per heavy atom. The van der Waals surface area contributed by atoms with Crippen LogP contribution in [0.1, 0.15) is 20.9 Å². The molecule has 6 nitrogen and oxygen atoms in total. The third kappa shape index (κ3) is 3.33. The van der Waals surface area contributed by atoms with Gasteiger partial charge >= 0.3 is 0 Å². The smallest absolute Gasteiger partial charge is 0.286 e. The third-order valence-electron chi connectivity index (χ3n) is 4.26. The first-order valence-corrected chi connectivity index (χ1v) is 7.98. The van der Waals surface area contributed by atoms with Gasteiger partial charge in [-0.3, -0.25) is 9.59 Å². The Balaban J connectivity index is 1.72. The summed E-state index contributed by atoms with van der Waals surface area (Å²) in [5.74, 6) is 0.667. The minimum absolute atomic E-state index is 0.0557. The zero-order valence-corrected chi connectivity index (χ0v) is 13.9. The van der Waals surface area contributed by atoms with Gasteiger partial charge in [-0.25, -0.2) is 0 Å². The molecular weight excluding hydrogens is 306 g/mol. The maximum Gasteiger partial charge on any atom is 0.286 e. The second-order valence-corrected chi connectivity index (χ2v) is 5.92. The predicted octanol–water partition coefficient (Wildman–Crippen LogP) is 1.69. The summed E-state index contributed by atoms with van der Waals surface area (Å²) >= 11 is 0. The van der Waals surface area contributed by atoms with Gasteiger partial charge in [-0.2, -0.15) is 0 Å². The van der Waals surface area contributed by atoms with Gasteiger partial charge in [0.2, 0.25) is 0 Å². The SMILES string of the molecule is CNC(=O)c1ccc(-c2ccc(C(=O)N3CCN(C)CC3)cc2)o1. The quantitative estimate of drug-likeness (QED) is 0.932. The van der Waals surface area contributed by atoms with Gasteiger partial charge < -0.3 is 19.5 Å². The van der Waals surface area contributed by atoms with Gasteiger partial charge in [0.15, 0.2) is 5.76 Å². The number of furan rings is 1. The number of benzene rings is 1. The molecule has 0 saturated carbocycles. The number of carbonyl (C=O) groups excluding carboxylic acids is 2. The molecule has 0 spiro atoms. The van der Waals surface area contributed by atoms with Gasteiger partial charge in [-0.05, 0) is 31.3 Å². The summed E-state index contributed by atoms with van der Waals surface area (Å²) in [6.07, 6.45) is 0. The first kappa shape index (κ1) is 16.3. The Labute approximate surface area is 141 Å². The molecule has 0 unspecified atom stereocenters. The summed E-state index contributed by atoms with van der Waals surface area (Å²) in [7, 11) is 3.62. The van der Waals surface area contributed by atoms with E-state index in [2.05, 4.69) is 17.3 Å². The van der Waals surface area contributed by atoms with Crippen molar-refractivity contribution in [1.82, 2.24) is 15.1 Å². The van der Waals surface area contributed by atoms with Crippen LogP contribution in [0, 0.1) is 0 Å². The van der Waals surface area contributed by atoms with E-state index in [1.54, 1.807) is 31.3 Å². The summed E-state index contributed by atoms with van der Waals surface area (Å²) < 4.78 is 5.54. The van der Waals surface area contributed by atoms with Crippen LogP contribution in [-0.2, 0) is 0 Å². The Bertz CT molecular complexity index is 728. The Hall–Kier alpha value is -2.60. The number of carbonyl (C=O) groups is 2. The average molecular weight is 327 g/mol. The zero-order chi connectivity index (χ0) is 17.1. The minimum Gasteiger partial charge on any atom is -0.451 e. The molecule has 0 radical (unpaired) electrons. The Kier molecular flexibility index (Phi) is 4.66. The van der Waals surface area contributed by atoms with E-state index in [4.69, 9.17) is 4.42 Å². The molecule has 2 aromatic rings. The van der Waals surface area contributed by atoms with Crippen molar-refractivity contribution in [3.05, 3.63) is 47.7 Å². The molecule has 0 bridgehead atoms. The van der Waals surface area contributed by atoms with Gasteiger partial charge in [0.1, 0.15) is 5.76 Å². The lowest BCUT2D eigenvalue weighted by molar-refractivity contribution is 0.0664. The summed E-state index contributed by atoms with van der Waals surface area (Å²) in [5, 5.41) is 2.52. The number of likely N-dealkylation sites (N-methyl/N-ethyl adjacent to an activating group) is 1. The molecule has 1 aromatic carbocycles. The van der Waals surface area contributed by atoms with E-state index in [1.165, 1.54) is 0 Å². The molecule has 24 heavy (non-hydrogen) atoms. The topological polar surface area (TPSA) is 65.8 Å². The van der Waals surface area contributed by atoms with Crippen molar-refractivity contribution >= 4 is 11.8 Å². The molecule has 1 aliphatic rings. The monoisotopic (exact) mass is 327 g/mol. The maximum absolute atomic E-state index is 12.5. The highest BCUT2D eigenvalue weighted by Crippen LogP contribution is 2.23. The third-order valence-corrected chi connectivity index (χ3v) is 4.26. The van der Waals surface area contributed by atoms with Gasteiger partial charge in [0.05, 0.1) is 0 Å². The average Bonchev–Trinajstić information content (AvgIpc) is 3.11. The zero-order valence-electron chi connectivity index (χ0n) is 13.9. The number of hydrogen-bond donors (Lipinski definition) is 1. The Morgan fingerprint density at radius 3 is 2.29 bits per heavy atom. The molecule has 0 aliphatic carbocycles. The lowest BCUT2D eigenvalue weighted by Crippen LogP contribution is -2.47. The van der Waals surface area contributed by atoms with Crippen LogP contribution in [-0.4, -0.2) is 61.9 Å². The van der Waals surface area contributed by atoms with Crippen LogP contribution in [0.3, 0.4) is 0 Å². The number of hydrogen-bond acceptors (Lipinski definition) is 4. The molecule has 1 N–H and O–H groups in total. The first-order valence-electron chi connectivity index (χ1n) is 7.98. The molecule has 2 heterocycles. The molecule has 1 aliphatic heterocycles. The van der Waals surface area contributed by atoms with Crippen LogP contribution in [0.4, 0.5) is 0 Å². The van der Waals surface area contributed by atoms with Gasteiger partial charge in [0.25, 0.3) is 11.8 Å². The van der Waals surface area contributed by atoms with Crippen LogP contribution >= 0.6 is 0 Å². The second-order valence-electron chi connectivity index (χ2n) is 5.92. The van der Waals surface area contributed by atoms with Crippen LogP contribution in [0.15, 0.2) is 40.8 Å². The fraction of sp³-hybridized carbons (Fsp3) is 0.333. The van der Waals surface area contributed by atoms with Crippen molar-refractivity contribution in [2.45, 2.75) is 0 Å². The van der Waals surface area contributed by atoms with E-state index < -0.39 is 0 Å². The van der Waals surface area contributed by atoms with E-state index in [0.29, 0.717) is 11.3 Å². The number of piperazine rings is 1. The van der Waals surface area contributed by atoms with Crippen LogP contribution < -0.4 is 5.32 Å². The summed E-state index contributed by atoms with van der Waals surface area (Å²) in [4.78, 5) is 28.2. The van der Waals surface area contributed by atoms with Crippen molar-refractivity contribution in [3.8, 4) is 11.3 Å². The summed E-state index contributed by atoms with van der Waals surface area (Å²) in [5.41, 5.74) is 1.50. The first-order chi connectivity index (χ1) is 11.6. The number of amides is 2. The van der Waals surface area contributed by atoms with Crippen molar-refractivity contribution in [2.75, 3.05) is 40.3 Å². The molecule has 126 valence electrons. The molecule has 1 aromatic heterocycles. The van der Waals surface area contributed by atoms with E-state index in [0.717, 1.165) is 31.7 Å². The molecule has 1 fully saturated rings. The van der Waals surface area contributed by atoms with Crippen molar-refractivity contribution in [2.24, 2.45) is 0 Å².